The lowest BCUT2D eigenvalue weighted by Gasteiger charge is -2.31. The SMILES string of the molecule is CC(C)c1nsc(N2CCC3CCCCC32)n1. The second-order valence-corrected chi connectivity index (χ2v) is 6.41. The Kier molecular flexibility index (Phi) is 3.07. The van der Waals surface area contributed by atoms with Crippen LogP contribution in [-0.4, -0.2) is 21.9 Å². The summed E-state index contributed by atoms with van der Waals surface area (Å²) in [4.78, 5) is 7.25. The molecule has 2 heterocycles. The first-order valence-electron chi connectivity index (χ1n) is 6.86. The number of fused-ring (bicyclic) bond motifs is 1. The number of aromatic nitrogens is 2. The Morgan fingerprint density at radius 3 is 2.82 bits per heavy atom. The summed E-state index contributed by atoms with van der Waals surface area (Å²) in [7, 11) is 0. The second kappa shape index (κ2) is 4.56. The molecule has 94 valence electrons. The molecule has 0 spiro atoms. The molecule has 3 rings (SSSR count). The van der Waals surface area contributed by atoms with Crippen LogP contribution in [-0.2, 0) is 0 Å². The molecule has 0 bridgehead atoms. The van der Waals surface area contributed by atoms with E-state index in [4.69, 9.17) is 4.98 Å². The van der Waals surface area contributed by atoms with Gasteiger partial charge in [0.05, 0.1) is 0 Å². The van der Waals surface area contributed by atoms with Crippen LogP contribution >= 0.6 is 11.5 Å². The van der Waals surface area contributed by atoms with Crippen molar-refractivity contribution in [1.29, 1.82) is 0 Å². The van der Waals surface area contributed by atoms with E-state index in [0.717, 1.165) is 17.8 Å². The van der Waals surface area contributed by atoms with Crippen molar-refractivity contribution in [3.05, 3.63) is 5.82 Å². The minimum absolute atomic E-state index is 0.449. The maximum atomic E-state index is 4.72. The van der Waals surface area contributed by atoms with E-state index in [-0.39, 0.29) is 0 Å². The van der Waals surface area contributed by atoms with Crippen molar-refractivity contribution in [1.82, 2.24) is 9.36 Å². The lowest BCUT2D eigenvalue weighted by atomic mass is 9.85. The van der Waals surface area contributed by atoms with E-state index in [1.807, 2.05) is 0 Å². The van der Waals surface area contributed by atoms with Crippen LogP contribution in [0.5, 0.6) is 0 Å². The zero-order valence-corrected chi connectivity index (χ0v) is 11.5. The second-order valence-electron chi connectivity index (χ2n) is 5.68. The molecule has 0 N–H and O–H groups in total. The summed E-state index contributed by atoms with van der Waals surface area (Å²) in [6.07, 6.45) is 6.98. The maximum Gasteiger partial charge on any atom is 0.205 e. The first-order chi connectivity index (χ1) is 8.25. The monoisotopic (exact) mass is 251 g/mol. The molecule has 17 heavy (non-hydrogen) atoms. The number of hydrogen-bond acceptors (Lipinski definition) is 4. The highest BCUT2D eigenvalue weighted by atomic mass is 32.1. The molecule has 0 amide bonds. The fourth-order valence-corrected chi connectivity index (χ4v) is 4.11. The zero-order chi connectivity index (χ0) is 11.8. The number of rotatable bonds is 2. The van der Waals surface area contributed by atoms with Gasteiger partial charge in [0.25, 0.3) is 0 Å². The Hall–Kier alpha value is -0.640. The molecule has 0 aromatic carbocycles. The molecular weight excluding hydrogens is 230 g/mol. The van der Waals surface area contributed by atoms with Crippen molar-refractivity contribution in [2.75, 3.05) is 11.4 Å². The van der Waals surface area contributed by atoms with E-state index in [0.29, 0.717) is 5.92 Å². The van der Waals surface area contributed by atoms with Crippen molar-refractivity contribution < 1.29 is 0 Å². The van der Waals surface area contributed by atoms with Gasteiger partial charge in [-0.05, 0) is 25.2 Å². The minimum atomic E-state index is 0.449. The van der Waals surface area contributed by atoms with Gasteiger partial charge in [0.2, 0.25) is 5.13 Å². The van der Waals surface area contributed by atoms with E-state index in [9.17, 15) is 0 Å². The third-order valence-electron chi connectivity index (χ3n) is 4.20. The predicted octanol–water partition coefficient (Wildman–Crippen LogP) is 3.43. The van der Waals surface area contributed by atoms with E-state index >= 15 is 0 Å². The lowest BCUT2D eigenvalue weighted by Crippen LogP contribution is -2.34. The third-order valence-corrected chi connectivity index (χ3v) is 4.97. The van der Waals surface area contributed by atoms with Gasteiger partial charge in [0, 0.05) is 30.0 Å². The molecule has 1 saturated heterocycles. The number of nitrogens with zero attached hydrogens (tertiary/aromatic N) is 3. The summed E-state index contributed by atoms with van der Waals surface area (Å²) in [5.74, 6) is 2.39. The van der Waals surface area contributed by atoms with Crippen molar-refractivity contribution in [3.63, 3.8) is 0 Å². The van der Waals surface area contributed by atoms with Crippen LogP contribution in [0.3, 0.4) is 0 Å². The molecule has 1 aliphatic carbocycles. The fourth-order valence-electron chi connectivity index (χ4n) is 3.22. The van der Waals surface area contributed by atoms with Crippen LogP contribution in [0.2, 0.25) is 0 Å². The summed E-state index contributed by atoms with van der Waals surface area (Å²) < 4.78 is 4.49. The van der Waals surface area contributed by atoms with Gasteiger partial charge in [-0.25, -0.2) is 4.98 Å². The molecule has 4 heteroatoms. The van der Waals surface area contributed by atoms with Gasteiger partial charge < -0.3 is 4.90 Å². The number of hydrogen-bond donors (Lipinski definition) is 0. The zero-order valence-electron chi connectivity index (χ0n) is 10.7. The largest absolute Gasteiger partial charge is 0.344 e. The normalized spacial score (nSPS) is 28.8. The molecule has 1 aromatic heterocycles. The predicted molar refractivity (Wildman–Crippen MR) is 71.7 cm³/mol. The standard InChI is InChI=1S/C13H21N3S/c1-9(2)12-14-13(17-15-12)16-8-7-10-5-3-4-6-11(10)16/h9-11H,3-8H2,1-2H3. The van der Waals surface area contributed by atoms with Gasteiger partial charge in [0.1, 0.15) is 5.82 Å². The molecule has 2 unspecified atom stereocenters. The average molecular weight is 251 g/mol. The van der Waals surface area contributed by atoms with Crippen molar-refractivity contribution in [2.45, 2.75) is 57.9 Å². The van der Waals surface area contributed by atoms with Gasteiger partial charge in [-0.2, -0.15) is 4.37 Å². The number of anilines is 1. The van der Waals surface area contributed by atoms with Crippen LogP contribution in [0.15, 0.2) is 0 Å². The molecule has 2 fully saturated rings. The molecule has 3 nitrogen and oxygen atoms in total. The highest BCUT2D eigenvalue weighted by molar-refractivity contribution is 7.09. The Labute approximate surface area is 107 Å². The van der Waals surface area contributed by atoms with Crippen LogP contribution in [0.4, 0.5) is 5.13 Å². The molecule has 0 radical (unpaired) electrons. The first kappa shape index (κ1) is 11.5. The van der Waals surface area contributed by atoms with Crippen LogP contribution in [0.25, 0.3) is 0 Å². The van der Waals surface area contributed by atoms with Gasteiger partial charge in [-0.1, -0.05) is 26.7 Å². The van der Waals surface area contributed by atoms with E-state index in [1.54, 1.807) is 11.5 Å². The van der Waals surface area contributed by atoms with Crippen LogP contribution in [0, 0.1) is 5.92 Å². The van der Waals surface area contributed by atoms with Crippen molar-refractivity contribution >= 4 is 16.7 Å². The Bertz CT molecular complexity index is 388. The Morgan fingerprint density at radius 1 is 1.24 bits per heavy atom. The third kappa shape index (κ3) is 2.07. The smallest absolute Gasteiger partial charge is 0.205 e. The fraction of sp³-hybridized carbons (Fsp3) is 0.846. The Morgan fingerprint density at radius 2 is 2.06 bits per heavy atom. The molecule has 1 aliphatic heterocycles. The highest BCUT2D eigenvalue weighted by Crippen LogP contribution is 2.39. The highest BCUT2D eigenvalue weighted by Gasteiger charge is 2.37. The lowest BCUT2D eigenvalue weighted by molar-refractivity contribution is 0.342. The summed E-state index contributed by atoms with van der Waals surface area (Å²) in [6, 6.07) is 0.761. The van der Waals surface area contributed by atoms with Crippen LogP contribution in [0.1, 0.15) is 57.7 Å². The molecular formula is C13H21N3S. The summed E-state index contributed by atoms with van der Waals surface area (Å²) in [5.41, 5.74) is 0. The van der Waals surface area contributed by atoms with E-state index < -0.39 is 0 Å². The van der Waals surface area contributed by atoms with Gasteiger partial charge >= 0.3 is 0 Å². The maximum absolute atomic E-state index is 4.72. The van der Waals surface area contributed by atoms with Gasteiger partial charge in [0.15, 0.2) is 0 Å². The molecule has 2 aliphatic rings. The first-order valence-corrected chi connectivity index (χ1v) is 7.63. The van der Waals surface area contributed by atoms with Crippen molar-refractivity contribution in [2.24, 2.45) is 5.92 Å². The van der Waals surface area contributed by atoms with Gasteiger partial charge in [-0.3, -0.25) is 0 Å². The van der Waals surface area contributed by atoms with E-state index in [1.165, 1.54) is 43.8 Å². The molecule has 1 saturated carbocycles. The Balaban J connectivity index is 1.79. The summed E-state index contributed by atoms with van der Waals surface area (Å²) in [6.45, 7) is 5.53. The van der Waals surface area contributed by atoms with Crippen LogP contribution < -0.4 is 4.90 Å². The van der Waals surface area contributed by atoms with E-state index in [2.05, 4.69) is 23.1 Å². The average Bonchev–Trinajstić information content (AvgIpc) is 2.95. The minimum Gasteiger partial charge on any atom is -0.344 e. The molecule has 2 atom stereocenters. The quantitative estimate of drug-likeness (QED) is 0.806. The summed E-state index contributed by atoms with van der Waals surface area (Å²) >= 11 is 1.60. The van der Waals surface area contributed by atoms with Crippen molar-refractivity contribution in [3.8, 4) is 0 Å². The summed E-state index contributed by atoms with van der Waals surface area (Å²) in [5, 5.41) is 1.17. The molecule has 1 aromatic rings. The van der Waals surface area contributed by atoms with Gasteiger partial charge in [-0.15, -0.1) is 0 Å². The topological polar surface area (TPSA) is 29.0 Å².